The van der Waals surface area contributed by atoms with Gasteiger partial charge in [-0.15, -0.1) is 0 Å². The standard InChI is InChI=1S/C15H19F3N2O2/c1-10(2)9-22-12-5-3-11(4-6-12)14(15(16,17)18)20-8-7-13(21)19-20/h3-6,10,14H,7-9H2,1-2H3,(H,19,21)/t14-/m0/s1. The number of rotatable bonds is 5. The number of alkyl halides is 3. The van der Waals surface area contributed by atoms with Gasteiger partial charge in [0, 0.05) is 13.0 Å². The molecule has 4 nitrogen and oxygen atoms in total. The Labute approximate surface area is 127 Å². The third-order valence-electron chi connectivity index (χ3n) is 3.25. The van der Waals surface area contributed by atoms with Gasteiger partial charge in [-0.05, 0) is 23.6 Å². The average molecular weight is 316 g/mol. The first-order valence-electron chi connectivity index (χ1n) is 7.13. The molecule has 1 aromatic rings. The maximum absolute atomic E-state index is 13.3. The first-order valence-corrected chi connectivity index (χ1v) is 7.13. The number of nitrogens with one attached hydrogen (secondary N) is 1. The molecule has 2 rings (SSSR count). The Morgan fingerprint density at radius 3 is 2.36 bits per heavy atom. The van der Waals surface area contributed by atoms with E-state index >= 15 is 0 Å². The van der Waals surface area contributed by atoms with Crippen LogP contribution in [-0.2, 0) is 4.79 Å². The maximum atomic E-state index is 13.3. The highest BCUT2D eigenvalue weighted by molar-refractivity contribution is 5.77. The number of amides is 1. The van der Waals surface area contributed by atoms with Gasteiger partial charge in [0.2, 0.25) is 5.91 Å². The molecule has 1 saturated heterocycles. The van der Waals surface area contributed by atoms with Gasteiger partial charge in [0.15, 0.2) is 0 Å². The lowest BCUT2D eigenvalue weighted by Crippen LogP contribution is -2.43. The first kappa shape index (κ1) is 16.6. The number of carbonyl (C=O) groups excluding carboxylic acids is 1. The van der Waals surface area contributed by atoms with Gasteiger partial charge in [-0.3, -0.25) is 10.2 Å². The van der Waals surface area contributed by atoms with Crippen molar-refractivity contribution in [2.24, 2.45) is 5.92 Å². The van der Waals surface area contributed by atoms with E-state index in [1.165, 1.54) is 24.3 Å². The number of nitrogens with zero attached hydrogens (tertiary/aromatic N) is 1. The van der Waals surface area contributed by atoms with Crippen molar-refractivity contribution in [1.29, 1.82) is 0 Å². The van der Waals surface area contributed by atoms with Gasteiger partial charge in [0.05, 0.1) is 6.61 Å². The Balaban J connectivity index is 2.16. The molecule has 1 amide bonds. The van der Waals surface area contributed by atoms with Crippen molar-refractivity contribution in [2.45, 2.75) is 32.5 Å². The Hall–Kier alpha value is -1.76. The highest BCUT2D eigenvalue weighted by Gasteiger charge is 2.46. The molecule has 1 N–H and O–H groups in total. The summed E-state index contributed by atoms with van der Waals surface area (Å²) >= 11 is 0. The molecule has 22 heavy (non-hydrogen) atoms. The lowest BCUT2D eigenvalue weighted by atomic mass is 10.1. The molecule has 0 unspecified atom stereocenters. The van der Waals surface area contributed by atoms with E-state index in [4.69, 9.17) is 4.74 Å². The molecule has 0 radical (unpaired) electrons. The van der Waals surface area contributed by atoms with Crippen LogP contribution in [0.2, 0.25) is 0 Å². The maximum Gasteiger partial charge on any atom is 0.409 e. The second kappa shape index (κ2) is 6.56. The molecule has 0 bridgehead atoms. The minimum Gasteiger partial charge on any atom is -0.493 e. The van der Waals surface area contributed by atoms with Crippen molar-refractivity contribution < 1.29 is 22.7 Å². The summed E-state index contributed by atoms with van der Waals surface area (Å²) in [6.45, 7) is 4.52. The van der Waals surface area contributed by atoms with Crippen molar-refractivity contribution >= 4 is 5.91 Å². The lowest BCUT2D eigenvalue weighted by Gasteiger charge is -2.29. The van der Waals surface area contributed by atoms with Crippen molar-refractivity contribution in [1.82, 2.24) is 10.4 Å². The number of benzene rings is 1. The molecule has 1 heterocycles. The van der Waals surface area contributed by atoms with Gasteiger partial charge in [-0.25, -0.2) is 5.01 Å². The van der Waals surface area contributed by atoms with E-state index in [1.54, 1.807) is 0 Å². The first-order chi connectivity index (χ1) is 10.3. The lowest BCUT2D eigenvalue weighted by molar-refractivity contribution is -0.191. The van der Waals surface area contributed by atoms with Crippen LogP contribution in [0.4, 0.5) is 13.2 Å². The summed E-state index contributed by atoms with van der Waals surface area (Å²) in [5.74, 6) is 0.470. The Bertz CT molecular complexity index is 515. The molecule has 0 aliphatic carbocycles. The summed E-state index contributed by atoms with van der Waals surface area (Å²) in [5, 5.41) is 0.937. The largest absolute Gasteiger partial charge is 0.493 e. The van der Waals surface area contributed by atoms with Gasteiger partial charge < -0.3 is 4.74 Å². The van der Waals surface area contributed by atoms with Crippen LogP contribution in [0.25, 0.3) is 0 Å². The van der Waals surface area contributed by atoms with E-state index in [2.05, 4.69) is 5.43 Å². The Kier molecular flexibility index (Phi) is 4.95. The number of ether oxygens (including phenoxy) is 1. The van der Waals surface area contributed by atoms with Crippen molar-refractivity contribution in [3.8, 4) is 5.75 Å². The summed E-state index contributed by atoms with van der Waals surface area (Å²) in [5.41, 5.74) is 2.33. The third kappa shape index (κ3) is 4.13. The van der Waals surface area contributed by atoms with E-state index in [1.807, 2.05) is 13.8 Å². The molecule has 0 spiro atoms. The second-order valence-corrected chi connectivity index (χ2v) is 5.70. The Morgan fingerprint density at radius 2 is 1.91 bits per heavy atom. The van der Waals surface area contributed by atoms with Crippen molar-refractivity contribution in [3.63, 3.8) is 0 Å². The summed E-state index contributed by atoms with van der Waals surface area (Å²) < 4.78 is 45.4. The Morgan fingerprint density at radius 1 is 1.27 bits per heavy atom. The van der Waals surface area contributed by atoms with E-state index in [0.717, 1.165) is 5.01 Å². The SMILES string of the molecule is CC(C)COc1ccc([C@H](N2CCC(=O)N2)C(F)(F)F)cc1. The molecule has 0 saturated carbocycles. The minimum absolute atomic E-state index is 0.0363. The van der Waals surface area contributed by atoms with E-state index < -0.39 is 18.1 Å². The van der Waals surface area contributed by atoms with Gasteiger partial charge >= 0.3 is 6.18 Å². The second-order valence-electron chi connectivity index (χ2n) is 5.70. The van der Waals surface area contributed by atoms with Crippen LogP contribution in [0.15, 0.2) is 24.3 Å². The van der Waals surface area contributed by atoms with Gasteiger partial charge in [-0.2, -0.15) is 13.2 Å². The average Bonchev–Trinajstić information content (AvgIpc) is 2.82. The highest BCUT2D eigenvalue weighted by Crippen LogP contribution is 2.38. The van der Waals surface area contributed by atoms with Crippen LogP contribution in [0.1, 0.15) is 31.9 Å². The smallest absolute Gasteiger partial charge is 0.409 e. The fourth-order valence-electron chi connectivity index (χ4n) is 2.24. The molecular weight excluding hydrogens is 297 g/mol. The van der Waals surface area contributed by atoms with E-state index in [9.17, 15) is 18.0 Å². The predicted octanol–water partition coefficient (Wildman–Crippen LogP) is 3.06. The van der Waals surface area contributed by atoms with E-state index in [0.29, 0.717) is 18.3 Å². The van der Waals surface area contributed by atoms with Crippen molar-refractivity contribution in [2.75, 3.05) is 13.2 Å². The summed E-state index contributed by atoms with van der Waals surface area (Å²) in [6.07, 6.45) is -4.40. The minimum atomic E-state index is -4.47. The normalized spacial score (nSPS) is 17.6. The van der Waals surface area contributed by atoms with E-state index in [-0.39, 0.29) is 18.5 Å². The molecule has 1 aromatic carbocycles. The topological polar surface area (TPSA) is 41.6 Å². The zero-order chi connectivity index (χ0) is 16.3. The van der Waals surface area contributed by atoms with Crippen LogP contribution < -0.4 is 10.2 Å². The van der Waals surface area contributed by atoms with Crippen LogP contribution >= 0.6 is 0 Å². The zero-order valence-electron chi connectivity index (χ0n) is 12.5. The van der Waals surface area contributed by atoms with Crippen molar-refractivity contribution in [3.05, 3.63) is 29.8 Å². The fourth-order valence-corrected chi connectivity index (χ4v) is 2.24. The summed E-state index contributed by atoms with van der Waals surface area (Å²) in [7, 11) is 0. The number of carbonyl (C=O) groups is 1. The molecule has 0 aromatic heterocycles. The molecule has 1 atom stereocenters. The van der Waals surface area contributed by atoms with Crippen LogP contribution in [0, 0.1) is 5.92 Å². The molecule has 7 heteroatoms. The molecular formula is C15H19F3N2O2. The number of halogens is 3. The van der Waals surface area contributed by atoms with Gasteiger partial charge in [0.1, 0.15) is 11.8 Å². The van der Waals surface area contributed by atoms with Crippen LogP contribution in [0.3, 0.4) is 0 Å². The summed E-state index contributed by atoms with van der Waals surface area (Å²) in [6, 6.07) is 3.97. The number of hydrogen-bond acceptors (Lipinski definition) is 3. The fraction of sp³-hybridized carbons (Fsp3) is 0.533. The van der Waals surface area contributed by atoms with Crippen LogP contribution in [-0.4, -0.2) is 30.2 Å². The molecule has 1 fully saturated rings. The molecule has 122 valence electrons. The number of hydrogen-bond donors (Lipinski definition) is 1. The van der Waals surface area contributed by atoms with Crippen LogP contribution in [0.5, 0.6) is 5.75 Å². The van der Waals surface area contributed by atoms with Gasteiger partial charge in [0.25, 0.3) is 0 Å². The highest BCUT2D eigenvalue weighted by atomic mass is 19.4. The quantitative estimate of drug-likeness (QED) is 0.908. The zero-order valence-corrected chi connectivity index (χ0v) is 12.5. The molecule has 1 aliphatic heterocycles. The molecule has 1 aliphatic rings. The van der Waals surface area contributed by atoms with Gasteiger partial charge in [-0.1, -0.05) is 26.0 Å². The summed E-state index contributed by atoms with van der Waals surface area (Å²) in [4.78, 5) is 11.2. The monoisotopic (exact) mass is 316 g/mol. The third-order valence-corrected chi connectivity index (χ3v) is 3.25. The predicted molar refractivity (Wildman–Crippen MR) is 75.0 cm³/mol. The number of hydrazine groups is 1.